The third-order valence-corrected chi connectivity index (χ3v) is 5.89. The van der Waals surface area contributed by atoms with Gasteiger partial charge < -0.3 is 4.74 Å². The van der Waals surface area contributed by atoms with Crippen molar-refractivity contribution in [2.75, 3.05) is 19.1 Å². The van der Waals surface area contributed by atoms with Crippen molar-refractivity contribution in [1.82, 2.24) is 0 Å². The van der Waals surface area contributed by atoms with Crippen molar-refractivity contribution in [3.8, 4) is 5.75 Å². The number of methoxy groups -OCH3 is 1. The van der Waals surface area contributed by atoms with Gasteiger partial charge in [-0.15, -0.1) is 0 Å². The first kappa shape index (κ1) is 16.8. The number of thioether (sulfide) groups is 1. The predicted octanol–water partition coefficient (Wildman–Crippen LogP) is 3.28. The summed E-state index contributed by atoms with van der Waals surface area (Å²) in [6.07, 6.45) is 1.18. The number of sulfone groups is 1. The van der Waals surface area contributed by atoms with E-state index >= 15 is 0 Å². The van der Waals surface area contributed by atoms with Gasteiger partial charge in [-0.2, -0.15) is 0 Å². The van der Waals surface area contributed by atoms with Crippen LogP contribution >= 0.6 is 11.8 Å². The van der Waals surface area contributed by atoms with Gasteiger partial charge in [-0.05, 0) is 41.0 Å². The highest BCUT2D eigenvalue weighted by molar-refractivity contribution is 8.15. The van der Waals surface area contributed by atoms with E-state index in [1.807, 2.05) is 24.3 Å². The van der Waals surface area contributed by atoms with E-state index in [9.17, 15) is 13.2 Å². The Morgan fingerprint density at radius 2 is 1.54 bits per heavy atom. The summed E-state index contributed by atoms with van der Waals surface area (Å²) in [5.41, 5.74) is 3.31. The summed E-state index contributed by atoms with van der Waals surface area (Å²) in [6, 6.07) is 14.0. The molecule has 1 heterocycles. The van der Waals surface area contributed by atoms with Crippen molar-refractivity contribution in [3.05, 3.63) is 59.7 Å². The Morgan fingerprint density at radius 1 is 0.958 bits per heavy atom. The highest BCUT2D eigenvalue weighted by Gasteiger charge is 2.26. The van der Waals surface area contributed by atoms with Crippen LogP contribution in [0.1, 0.15) is 11.1 Å². The fourth-order valence-corrected chi connectivity index (χ4v) is 4.19. The molecule has 0 aliphatic carbocycles. The number of rotatable bonds is 4. The highest BCUT2D eigenvalue weighted by Crippen LogP contribution is 2.39. The van der Waals surface area contributed by atoms with E-state index in [1.54, 1.807) is 31.4 Å². The lowest BCUT2D eigenvalue weighted by Gasteiger charge is -2.08. The lowest BCUT2D eigenvalue weighted by molar-refractivity contribution is -0.106. The van der Waals surface area contributed by atoms with Gasteiger partial charge in [-0.25, -0.2) is 8.42 Å². The number of carbonyl (C=O) groups excluding carboxylic acids is 1. The van der Waals surface area contributed by atoms with Gasteiger partial charge in [0, 0.05) is 17.6 Å². The molecule has 6 heteroatoms. The zero-order valence-electron chi connectivity index (χ0n) is 13.3. The lowest BCUT2D eigenvalue weighted by Crippen LogP contribution is -1.98. The molecule has 0 aromatic heterocycles. The van der Waals surface area contributed by atoms with Crippen LogP contribution in [0.2, 0.25) is 0 Å². The minimum atomic E-state index is -3.23. The van der Waals surface area contributed by atoms with Gasteiger partial charge in [0.15, 0.2) is 9.84 Å². The molecular formula is C18H16O4S2. The summed E-state index contributed by atoms with van der Waals surface area (Å²) in [6.45, 7) is 0. The first-order chi connectivity index (χ1) is 11.4. The van der Waals surface area contributed by atoms with Crippen LogP contribution in [0.3, 0.4) is 0 Å². The topological polar surface area (TPSA) is 60.4 Å². The van der Waals surface area contributed by atoms with Crippen LogP contribution in [-0.4, -0.2) is 32.7 Å². The van der Waals surface area contributed by atoms with Crippen LogP contribution < -0.4 is 4.74 Å². The molecule has 0 spiro atoms. The van der Waals surface area contributed by atoms with E-state index in [2.05, 4.69) is 0 Å². The summed E-state index contributed by atoms with van der Waals surface area (Å²) in [7, 11) is -1.63. The third kappa shape index (κ3) is 3.25. The Labute approximate surface area is 145 Å². The van der Waals surface area contributed by atoms with Gasteiger partial charge in [0.1, 0.15) is 5.75 Å². The smallest absolute Gasteiger partial charge is 0.220 e. The van der Waals surface area contributed by atoms with E-state index in [-0.39, 0.29) is 10.0 Å². The van der Waals surface area contributed by atoms with Crippen LogP contribution in [-0.2, 0) is 14.6 Å². The maximum absolute atomic E-state index is 12.3. The molecule has 1 aliphatic heterocycles. The van der Waals surface area contributed by atoms with Crippen molar-refractivity contribution in [1.29, 1.82) is 0 Å². The van der Waals surface area contributed by atoms with E-state index in [4.69, 9.17) is 4.74 Å². The predicted molar refractivity (Wildman–Crippen MR) is 96.8 cm³/mol. The van der Waals surface area contributed by atoms with Crippen LogP contribution in [0.25, 0.3) is 11.1 Å². The molecule has 0 radical (unpaired) electrons. The molecule has 2 aromatic rings. The molecule has 4 nitrogen and oxygen atoms in total. The number of ether oxygens (including phenoxy) is 1. The monoisotopic (exact) mass is 360 g/mol. The number of carbonyl (C=O) groups is 1. The van der Waals surface area contributed by atoms with Gasteiger partial charge in [-0.1, -0.05) is 36.0 Å². The first-order valence-electron chi connectivity index (χ1n) is 7.25. The summed E-state index contributed by atoms with van der Waals surface area (Å²) < 4.78 is 28.3. The molecule has 0 N–H and O–H groups in total. The van der Waals surface area contributed by atoms with E-state index in [0.29, 0.717) is 11.3 Å². The van der Waals surface area contributed by atoms with E-state index in [0.717, 1.165) is 22.4 Å². The molecule has 3 rings (SSSR count). The third-order valence-electron chi connectivity index (χ3n) is 3.86. The standard InChI is InChI=1S/C18H16O4S2/c1-22-14-7-3-13(4-8-14)17-16(11-23-18(17)19)12-5-9-15(10-6-12)24(2,20)21/h3-10H,11H2,1-2H3. The second-order valence-electron chi connectivity index (χ2n) is 5.45. The van der Waals surface area contributed by atoms with Crippen LogP contribution in [0.15, 0.2) is 53.4 Å². The van der Waals surface area contributed by atoms with Crippen LogP contribution in [0.5, 0.6) is 5.75 Å². The normalized spacial score (nSPS) is 15.0. The molecule has 0 amide bonds. The van der Waals surface area contributed by atoms with Crippen molar-refractivity contribution in [3.63, 3.8) is 0 Å². The number of hydrogen-bond donors (Lipinski definition) is 0. The maximum Gasteiger partial charge on any atom is 0.220 e. The first-order valence-corrected chi connectivity index (χ1v) is 10.1. The molecular weight excluding hydrogens is 344 g/mol. The SMILES string of the molecule is COc1ccc(C2=C(c3ccc(S(C)(=O)=O)cc3)CSC2=O)cc1. The Balaban J connectivity index is 2.05. The summed E-state index contributed by atoms with van der Waals surface area (Å²) in [5, 5.41) is 0.0300. The van der Waals surface area contributed by atoms with Crippen LogP contribution in [0, 0.1) is 0 Å². The minimum absolute atomic E-state index is 0.0300. The zero-order valence-corrected chi connectivity index (χ0v) is 14.9. The lowest BCUT2D eigenvalue weighted by atomic mass is 9.97. The molecule has 0 saturated carbocycles. The Bertz CT molecular complexity index is 908. The van der Waals surface area contributed by atoms with Crippen molar-refractivity contribution in [2.45, 2.75) is 4.90 Å². The average molecular weight is 360 g/mol. The second-order valence-corrected chi connectivity index (χ2v) is 8.42. The molecule has 2 aromatic carbocycles. The zero-order chi connectivity index (χ0) is 17.3. The van der Waals surface area contributed by atoms with Gasteiger partial charge >= 0.3 is 0 Å². The summed E-state index contributed by atoms with van der Waals surface area (Å²) in [5.74, 6) is 1.31. The number of benzene rings is 2. The van der Waals surface area contributed by atoms with Crippen molar-refractivity contribution < 1.29 is 17.9 Å². The quantitative estimate of drug-likeness (QED) is 0.837. The Hall–Kier alpha value is -2.05. The fourth-order valence-electron chi connectivity index (χ4n) is 2.59. The second kappa shape index (κ2) is 6.45. The van der Waals surface area contributed by atoms with Gasteiger partial charge in [0.2, 0.25) is 5.12 Å². The number of hydrogen-bond acceptors (Lipinski definition) is 5. The Kier molecular flexibility index (Phi) is 4.51. The maximum atomic E-state index is 12.3. The molecule has 0 fully saturated rings. The van der Waals surface area contributed by atoms with Crippen molar-refractivity contribution in [2.24, 2.45) is 0 Å². The molecule has 0 atom stereocenters. The molecule has 1 aliphatic rings. The highest BCUT2D eigenvalue weighted by atomic mass is 32.2. The summed E-state index contributed by atoms with van der Waals surface area (Å²) >= 11 is 1.26. The van der Waals surface area contributed by atoms with Crippen molar-refractivity contribution >= 4 is 37.9 Å². The molecule has 0 unspecified atom stereocenters. The Morgan fingerprint density at radius 3 is 2.08 bits per heavy atom. The summed E-state index contributed by atoms with van der Waals surface area (Å²) in [4.78, 5) is 12.6. The van der Waals surface area contributed by atoms with Crippen LogP contribution in [0.4, 0.5) is 0 Å². The molecule has 24 heavy (non-hydrogen) atoms. The molecule has 0 bridgehead atoms. The molecule has 0 saturated heterocycles. The van der Waals surface area contributed by atoms with Gasteiger partial charge in [0.25, 0.3) is 0 Å². The average Bonchev–Trinajstić information content (AvgIpc) is 2.96. The molecule has 124 valence electrons. The fraction of sp³-hybridized carbons (Fsp3) is 0.167. The van der Waals surface area contributed by atoms with E-state index < -0.39 is 9.84 Å². The van der Waals surface area contributed by atoms with Gasteiger partial charge in [-0.3, -0.25) is 4.79 Å². The van der Waals surface area contributed by atoms with E-state index in [1.165, 1.54) is 18.0 Å². The largest absolute Gasteiger partial charge is 0.497 e. The minimum Gasteiger partial charge on any atom is -0.497 e. The van der Waals surface area contributed by atoms with Gasteiger partial charge in [0.05, 0.1) is 12.0 Å².